The lowest BCUT2D eigenvalue weighted by molar-refractivity contribution is -0.120. The molecular weight excluding hydrogens is 312 g/mol. The molecule has 1 aliphatic heterocycles. The van der Waals surface area contributed by atoms with Gasteiger partial charge in [-0.05, 0) is 41.3 Å². The number of aryl methyl sites for hydroxylation is 1. The highest BCUT2D eigenvalue weighted by Crippen LogP contribution is 2.23. The zero-order valence-electron chi connectivity index (χ0n) is 12.6. The second-order valence-corrected chi connectivity index (χ2v) is 6.06. The number of hydrogen-bond acceptors (Lipinski definition) is 2. The summed E-state index contributed by atoms with van der Waals surface area (Å²) in [4.78, 5) is 23.4. The zero-order chi connectivity index (χ0) is 16.2. The SMILES string of the molecule is O=C(Cc1cccc(Cl)c1)NCc1ccc2c(c1)CCC(=O)N2. The normalized spacial score (nSPS) is 13.2. The van der Waals surface area contributed by atoms with Gasteiger partial charge in [-0.25, -0.2) is 0 Å². The number of rotatable bonds is 4. The van der Waals surface area contributed by atoms with Crippen molar-refractivity contribution in [3.05, 3.63) is 64.2 Å². The Balaban J connectivity index is 1.58. The van der Waals surface area contributed by atoms with Gasteiger partial charge in [0.15, 0.2) is 0 Å². The summed E-state index contributed by atoms with van der Waals surface area (Å²) in [5, 5.41) is 6.40. The Hall–Kier alpha value is -2.33. The van der Waals surface area contributed by atoms with E-state index in [-0.39, 0.29) is 11.8 Å². The maximum absolute atomic E-state index is 12.0. The van der Waals surface area contributed by atoms with E-state index in [9.17, 15) is 9.59 Å². The molecule has 118 valence electrons. The van der Waals surface area contributed by atoms with E-state index in [0.717, 1.165) is 28.8 Å². The topological polar surface area (TPSA) is 58.2 Å². The summed E-state index contributed by atoms with van der Waals surface area (Å²) in [5.74, 6) is 0.0124. The number of fused-ring (bicyclic) bond motifs is 1. The lowest BCUT2D eigenvalue weighted by Crippen LogP contribution is -2.25. The van der Waals surface area contributed by atoms with Crippen molar-refractivity contribution in [2.45, 2.75) is 25.8 Å². The smallest absolute Gasteiger partial charge is 0.224 e. The number of hydrogen-bond donors (Lipinski definition) is 2. The van der Waals surface area contributed by atoms with Crippen LogP contribution in [0.5, 0.6) is 0 Å². The second kappa shape index (κ2) is 6.84. The van der Waals surface area contributed by atoms with Gasteiger partial charge < -0.3 is 10.6 Å². The number of benzene rings is 2. The molecule has 2 N–H and O–H groups in total. The molecule has 1 heterocycles. The fourth-order valence-electron chi connectivity index (χ4n) is 2.64. The molecule has 0 radical (unpaired) electrons. The van der Waals surface area contributed by atoms with Crippen LogP contribution in [-0.2, 0) is 29.0 Å². The Bertz CT molecular complexity index is 758. The van der Waals surface area contributed by atoms with Gasteiger partial charge >= 0.3 is 0 Å². The summed E-state index contributed by atoms with van der Waals surface area (Å²) in [5.41, 5.74) is 3.91. The van der Waals surface area contributed by atoms with Gasteiger partial charge in [-0.1, -0.05) is 35.9 Å². The summed E-state index contributed by atoms with van der Waals surface area (Å²) in [7, 11) is 0. The van der Waals surface area contributed by atoms with Crippen LogP contribution in [0.4, 0.5) is 5.69 Å². The average molecular weight is 329 g/mol. The van der Waals surface area contributed by atoms with E-state index in [2.05, 4.69) is 10.6 Å². The lowest BCUT2D eigenvalue weighted by atomic mass is 10.0. The average Bonchev–Trinajstić information content (AvgIpc) is 2.53. The molecule has 0 bridgehead atoms. The van der Waals surface area contributed by atoms with Gasteiger partial charge in [-0.2, -0.15) is 0 Å². The van der Waals surface area contributed by atoms with E-state index in [1.807, 2.05) is 30.3 Å². The number of nitrogens with one attached hydrogen (secondary N) is 2. The van der Waals surface area contributed by atoms with Crippen LogP contribution in [0, 0.1) is 0 Å². The van der Waals surface area contributed by atoms with Crippen molar-refractivity contribution in [2.75, 3.05) is 5.32 Å². The van der Waals surface area contributed by atoms with Gasteiger partial charge in [0.2, 0.25) is 11.8 Å². The number of halogens is 1. The molecule has 2 aromatic rings. The van der Waals surface area contributed by atoms with Crippen LogP contribution >= 0.6 is 11.6 Å². The Morgan fingerprint density at radius 1 is 1.13 bits per heavy atom. The highest BCUT2D eigenvalue weighted by molar-refractivity contribution is 6.30. The van der Waals surface area contributed by atoms with Gasteiger partial charge in [0.1, 0.15) is 0 Å². The molecule has 1 aliphatic rings. The van der Waals surface area contributed by atoms with Crippen molar-refractivity contribution in [3.8, 4) is 0 Å². The Morgan fingerprint density at radius 2 is 2.00 bits per heavy atom. The second-order valence-electron chi connectivity index (χ2n) is 5.62. The number of carbonyl (C=O) groups excluding carboxylic acids is 2. The summed E-state index contributed by atoms with van der Waals surface area (Å²) < 4.78 is 0. The van der Waals surface area contributed by atoms with Gasteiger partial charge in [-0.15, -0.1) is 0 Å². The van der Waals surface area contributed by atoms with Crippen molar-refractivity contribution in [2.24, 2.45) is 0 Å². The molecule has 0 aliphatic carbocycles. The molecule has 2 aromatic carbocycles. The molecule has 2 amide bonds. The minimum Gasteiger partial charge on any atom is -0.352 e. The first-order valence-electron chi connectivity index (χ1n) is 7.53. The van der Waals surface area contributed by atoms with E-state index < -0.39 is 0 Å². The minimum absolute atomic E-state index is 0.0432. The van der Waals surface area contributed by atoms with E-state index >= 15 is 0 Å². The van der Waals surface area contributed by atoms with E-state index in [1.165, 1.54) is 0 Å². The molecule has 3 rings (SSSR count). The molecule has 23 heavy (non-hydrogen) atoms. The van der Waals surface area contributed by atoms with E-state index in [0.29, 0.717) is 24.4 Å². The first-order chi connectivity index (χ1) is 11.1. The summed E-state index contributed by atoms with van der Waals surface area (Å²) in [6.07, 6.45) is 1.56. The van der Waals surface area contributed by atoms with Crippen molar-refractivity contribution < 1.29 is 9.59 Å². The minimum atomic E-state index is -0.0432. The molecule has 0 spiro atoms. The van der Waals surface area contributed by atoms with Gasteiger partial charge in [0, 0.05) is 23.7 Å². The largest absolute Gasteiger partial charge is 0.352 e. The molecule has 0 unspecified atom stereocenters. The van der Waals surface area contributed by atoms with Gasteiger partial charge in [-0.3, -0.25) is 9.59 Å². The van der Waals surface area contributed by atoms with E-state index in [4.69, 9.17) is 11.6 Å². The third-order valence-electron chi connectivity index (χ3n) is 3.81. The first-order valence-corrected chi connectivity index (χ1v) is 7.91. The maximum atomic E-state index is 12.0. The molecule has 0 aromatic heterocycles. The van der Waals surface area contributed by atoms with Crippen LogP contribution < -0.4 is 10.6 Å². The molecule has 0 fully saturated rings. The molecule has 4 nitrogen and oxygen atoms in total. The third-order valence-corrected chi connectivity index (χ3v) is 4.04. The number of amides is 2. The van der Waals surface area contributed by atoms with Crippen molar-refractivity contribution in [1.82, 2.24) is 5.32 Å². The van der Waals surface area contributed by atoms with Crippen LogP contribution in [-0.4, -0.2) is 11.8 Å². The highest BCUT2D eigenvalue weighted by Gasteiger charge is 2.14. The predicted octanol–water partition coefficient (Wildman–Crippen LogP) is 3.08. The molecule has 0 atom stereocenters. The Kier molecular flexibility index (Phi) is 4.63. The third kappa shape index (κ3) is 4.11. The summed E-state index contributed by atoms with van der Waals surface area (Å²) in [6.45, 7) is 0.473. The number of carbonyl (C=O) groups is 2. The van der Waals surface area contributed by atoms with Crippen LogP contribution in [0.1, 0.15) is 23.1 Å². The van der Waals surface area contributed by atoms with Crippen LogP contribution in [0.15, 0.2) is 42.5 Å². The van der Waals surface area contributed by atoms with Gasteiger partial charge in [0.05, 0.1) is 6.42 Å². The fraction of sp³-hybridized carbons (Fsp3) is 0.222. The standard InChI is InChI=1S/C18H17ClN2O2/c19-15-3-1-2-12(9-15)10-18(23)20-11-13-4-6-16-14(8-13)5-7-17(22)21-16/h1-4,6,8-9H,5,7,10-11H2,(H,20,23)(H,21,22). The quantitative estimate of drug-likeness (QED) is 0.906. The van der Waals surface area contributed by atoms with Crippen molar-refractivity contribution in [1.29, 1.82) is 0 Å². The van der Waals surface area contributed by atoms with Crippen molar-refractivity contribution >= 4 is 29.1 Å². The monoisotopic (exact) mass is 328 g/mol. The molecule has 0 saturated carbocycles. The predicted molar refractivity (Wildman–Crippen MR) is 90.4 cm³/mol. The van der Waals surface area contributed by atoms with E-state index in [1.54, 1.807) is 12.1 Å². The lowest BCUT2D eigenvalue weighted by Gasteiger charge is -2.17. The molecule has 0 saturated heterocycles. The maximum Gasteiger partial charge on any atom is 0.224 e. The zero-order valence-corrected chi connectivity index (χ0v) is 13.3. The van der Waals surface area contributed by atoms with Crippen molar-refractivity contribution in [3.63, 3.8) is 0 Å². The Morgan fingerprint density at radius 3 is 2.83 bits per heavy atom. The van der Waals surface area contributed by atoms with Crippen LogP contribution in [0.3, 0.4) is 0 Å². The fourth-order valence-corrected chi connectivity index (χ4v) is 2.86. The Labute approximate surface area is 139 Å². The molecule has 5 heteroatoms. The first kappa shape index (κ1) is 15.6. The number of anilines is 1. The molecular formula is C18H17ClN2O2. The highest BCUT2D eigenvalue weighted by atomic mass is 35.5. The summed E-state index contributed by atoms with van der Waals surface area (Å²) in [6, 6.07) is 13.1. The summed E-state index contributed by atoms with van der Waals surface area (Å²) >= 11 is 5.92. The van der Waals surface area contributed by atoms with Crippen LogP contribution in [0.2, 0.25) is 5.02 Å². The van der Waals surface area contributed by atoms with Gasteiger partial charge in [0.25, 0.3) is 0 Å². The van der Waals surface area contributed by atoms with Crippen LogP contribution in [0.25, 0.3) is 0 Å².